The normalized spacial score (nSPS) is 17.9. The van der Waals surface area contributed by atoms with Crippen LogP contribution in [0.25, 0.3) is 5.76 Å². The summed E-state index contributed by atoms with van der Waals surface area (Å²) < 4.78 is 5.19. The maximum absolute atomic E-state index is 13.3. The molecule has 0 spiro atoms. The predicted molar refractivity (Wildman–Crippen MR) is 105 cm³/mol. The minimum absolute atomic E-state index is 0.0700. The molecule has 1 fully saturated rings. The third-order valence-corrected chi connectivity index (χ3v) is 5.01. The minimum atomic E-state index is -0.799. The van der Waals surface area contributed by atoms with Crippen molar-refractivity contribution < 1.29 is 24.4 Å². The second-order valence-corrected chi connectivity index (χ2v) is 6.83. The standard InChI is InChI=1S/C23H19N3O4/c1-30-18-6-2-5-17(12-18)21(27)19-20(16-7-10-24-11-8-16)26(23(29)22(19)28)14-15-4-3-9-25-13-15/h2-13,20,27H,14H2,1H3. The van der Waals surface area contributed by atoms with E-state index in [1.165, 1.54) is 12.0 Å². The van der Waals surface area contributed by atoms with Gasteiger partial charge in [-0.3, -0.25) is 14.6 Å². The van der Waals surface area contributed by atoms with Gasteiger partial charge in [0.2, 0.25) is 5.78 Å². The fraction of sp³-hybridized carbons (Fsp3) is 0.130. The lowest BCUT2D eigenvalue weighted by atomic mass is 9.96. The Morgan fingerprint density at radius 3 is 2.67 bits per heavy atom. The highest BCUT2D eigenvalue weighted by atomic mass is 16.5. The van der Waals surface area contributed by atoms with Crippen LogP contribution in [0, 0.1) is 0 Å². The lowest BCUT2D eigenvalue weighted by molar-refractivity contribution is -0.378. The Morgan fingerprint density at radius 1 is 1.17 bits per heavy atom. The Morgan fingerprint density at radius 2 is 1.97 bits per heavy atom. The van der Waals surface area contributed by atoms with E-state index in [0.29, 0.717) is 16.9 Å². The fourth-order valence-electron chi connectivity index (χ4n) is 3.57. The highest BCUT2D eigenvalue weighted by Gasteiger charge is 2.44. The molecule has 0 bridgehead atoms. The van der Waals surface area contributed by atoms with Gasteiger partial charge >= 0.3 is 0 Å². The van der Waals surface area contributed by atoms with Crippen LogP contribution < -0.4 is 14.8 Å². The van der Waals surface area contributed by atoms with Crippen molar-refractivity contribution in [3.05, 3.63) is 95.6 Å². The Hall–Kier alpha value is -4.00. The average Bonchev–Trinajstić information content (AvgIpc) is 3.05. The highest BCUT2D eigenvalue weighted by molar-refractivity contribution is 6.46. The van der Waals surface area contributed by atoms with E-state index >= 15 is 0 Å². The van der Waals surface area contributed by atoms with Gasteiger partial charge in [-0.2, -0.15) is 0 Å². The molecule has 0 radical (unpaired) electrons. The van der Waals surface area contributed by atoms with Crippen LogP contribution in [0.4, 0.5) is 0 Å². The first kappa shape index (κ1) is 19.3. The zero-order chi connectivity index (χ0) is 21.1. The van der Waals surface area contributed by atoms with Crippen molar-refractivity contribution >= 4 is 17.4 Å². The van der Waals surface area contributed by atoms with E-state index in [4.69, 9.17) is 4.74 Å². The van der Waals surface area contributed by atoms with Gasteiger partial charge in [0.15, 0.2) is 12.4 Å². The van der Waals surface area contributed by atoms with E-state index in [0.717, 1.165) is 5.56 Å². The van der Waals surface area contributed by atoms with Gasteiger partial charge in [0, 0.05) is 29.6 Å². The molecule has 7 heteroatoms. The number of rotatable bonds is 5. The van der Waals surface area contributed by atoms with Crippen LogP contribution >= 0.6 is 0 Å². The molecule has 150 valence electrons. The lowest BCUT2D eigenvalue weighted by Crippen LogP contribution is -2.29. The van der Waals surface area contributed by atoms with Crippen molar-refractivity contribution in [1.29, 1.82) is 0 Å². The Balaban J connectivity index is 1.85. The number of nitrogens with zero attached hydrogens (tertiary/aromatic N) is 2. The second-order valence-electron chi connectivity index (χ2n) is 6.83. The molecule has 7 nitrogen and oxygen atoms in total. The van der Waals surface area contributed by atoms with Crippen LogP contribution in [0.3, 0.4) is 0 Å². The summed E-state index contributed by atoms with van der Waals surface area (Å²) in [7, 11) is 1.50. The molecular formula is C23H19N3O4. The summed E-state index contributed by atoms with van der Waals surface area (Å²) in [5.41, 5.74) is 1.68. The number of aromatic amines is 1. The number of Topliss-reactive ketones (excluding diaryl/α,β-unsaturated/α-hetero) is 1. The van der Waals surface area contributed by atoms with Crippen LogP contribution in [-0.4, -0.2) is 28.7 Å². The molecule has 3 heterocycles. The summed E-state index contributed by atoms with van der Waals surface area (Å²) in [5, 5.41) is 13.3. The van der Waals surface area contributed by atoms with Gasteiger partial charge in [-0.25, -0.2) is 4.98 Å². The summed E-state index contributed by atoms with van der Waals surface area (Å²) in [6.45, 7) is 0.184. The van der Waals surface area contributed by atoms with Crippen molar-refractivity contribution in [3.63, 3.8) is 0 Å². The second kappa shape index (κ2) is 8.16. The van der Waals surface area contributed by atoms with E-state index in [9.17, 15) is 14.7 Å². The maximum Gasteiger partial charge on any atom is 0.295 e. The van der Waals surface area contributed by atoms with Gasteiger partial charge < -0.3 is 14.7 Å². The van der Waals surface area contributed by atoms with Gasteiger partial charge in [0.25, 0.3) is 5.91 Å². The third kappa shape index (κ3) is 3.53. The first-order valence-corrected chi connectivity index (χ1v) is 9.36. The van der Waals surface area contributed by atoms with E-state index in [1.807, 2.05) is 12.1 Å². The number of ether oxygens (including phenoxy) is 1. The van der Waals surface area contributed by atoms with Crippen molar-refractivity contribution in [2.75, 3.05) is 7.11 Å². The summed E-state index contributed by atoms with van der Waals surface area (Å²) in [5.74, 6) is -1.48. The van der Waals surface area contributed by atoms with Crippen LogP contribution in [-0.2, 0) is 16.1 Å². The first-order chi connectivity index (χ1) is 14.6. The Bertz CT molecular complexity index is 1110. The van der Waals surface area contributed by atoms with Crippen molar-refractivity contribution in [3.8, 4) is 5.75 Å². The first-order valence-electron chi connectivity index (χ1n) is 9.36. The number of hydrogen-bond acceptors (Lipinski definition) is 5. The maximum atomic E-state index is 13.3. The minimum Gasteiger partial charge on any atom is -0.872 e. The number of benzene rings is 1. The molecule has 1 aliphatic rings. The summed E-state index contributed by atoms with van der Waals surface area (Å²) in [6.07, 6.45) is 6.66. The molecule has 2 aromatic heterocycles. The SMILES string of the molecule is COc1cccc(C([O-])=C2C(=O)C(=O)N(Cc3ccc[nH+]c3)C2c2ccncc2)c1. The molecule has 1 unspecified atom stereocenters. The molecule has 0 aliphatic carbocycles. The van der Waals surface area contributed by atoms with Crippen LogP contribution in [0.5, 0.6) is 5.75 Å². The number of H-pyrrole nitrogens is 1. The molecule has 3 aromatic rings. The molecular weight excluding hydrogens is 382 g/mol. The summed E-state index contributed by atoms with van der Waals surface area (Å²) >= 11 is 0. The summed E-state index contributed by atoms with van der Waals surface area (Å²) in [6, 6.07) is 12.8. The van der Waals surface area contributed by atoms with Gasteiger partial charge in [0.1, 0.15) is 5.75 Å². The van der Waals surface area contributed by atoms with E-state index < -0.39 is 23.5 Å². The van der Waals surface area contributed by atoms with Gasteiger partial charge in [0.05, 0.1) is 19.7 Å². The molecule has 30 heavy (non-hydrogen) atoms. The molecule has 1 aliphatic heterocycles. The number of pyridine rings is 2. The molecule has 4 rings (SSSR count). The summed E-state index contributed by atoms with van der Waals surface area (Å²) in [4.78, 5) is 34.3. The Kier molecular flexibility index (Phi) is 5.26. The van der Waals surface area contributed by atoms with Crippen molar-refractivity contribution in [2.24, 2.45) is 0 Å². The topological polar surface area (TPSA) is 96.7 Å². The number of aromatic nitrogens is 2. The zero-order valence-electron chi connectivity index (χ0n) is 16.2. The number of amides is 1. The van der Waals surface area contributed by atoms with Gasteiger partial charge in [-0.15, -0.1) is 0 Å². The van der Waals surface area contributed by atoms with E-state index in [-0.39, 0.29) is 12.1 Å². The number of hydrogen-bond donors (Lipinski definition) is 0. The molecule has 1 saturated heterocycles. The predicted octanol–water partition coefficient (Wildman–Crippen LogP) is 1.33. The zero-order valence-corrected chi connectivity index (χ0v) is 16.2. The quantitative estimate of drug-likeness (QED) is 0.365. The van der Waals surface area contributed by atoms with Crippen LogP contribution in [0.15, 0.2) is 78.9 Å². The molecule has 1 N–H and O–H groups in total. The lowest BCUT2D eigenvalue weighted by Gasteiger charge is -2.27. The van der Waals surface area contributed by atoms with Gasteiger partial charge in [-0.1, -0.05) is 17.9 Å². The monoisotopic (exact) mass is 401 g/mol. The largest absolute Gasteiger partial charge is 0.872 e. The molecule has 1 atom stereocenters. The van der Waals surface area contributed by atoms with Crippen molar-refractivity contribution in [1.82, 2.24) is 9.88 Å². The average molecular weight is 401 g/mol. The fourth-order valence-corrected chi connectivity index (χ4v) is 3.57. The van der Waals surface area contributed by atoms with Crippen LogP contribution in [0.2, 0.25) is 0 Å². The highest BCUT2D eigenvalue weighted by Crippen LogP contribution is 2.39. The van der Waals surface area contributed by atoms with E-state index in [2.05, 4.69) is 9.97 Å². The number of carbonyl (C=O) groups excluding carboxylic acids is 2. The number of methoxy groups -OCH3 is 1. The van der Waals surface area contributed by atoms with E-state index in [1.54, 1.807) is 61.2 Å². The van der Waals surface area contributed by atoms with Crippen molar-refractivity contribution in [2.45, 2.75) is 12.6 Å². The number of ketones is 1. The van der Waals surface area contributed by atoms with Crippen LogP contribution in [0.1, 0.15) is 22.7 Å². The Labute approximate surface area is 173 Å². The van der Waals surface area contributed by atoms with Gasteiger partial charge in [-0.05, 0) is 41.5 Å². The number of likely N-dealkylation sites (tertiary alicyclic amines) is 1. The molecule has 0 saturated carbocycles. The molecule has 1 amide bonds. The number of carbonyl (C=O) groups is 2. The molecule has 1 aromatic carbocycles. The third-order valence-electron chi connectivity index (χ3n) is 5.01. The number of nitrogens with one attached hydrogen (secondary N) is 1. The smallest absolute Gasteiger partial charge is 0.295 e.